The van der Waals surface area contributed by atoms with E-state index in [-0.39, 0.29) is 16.6 Å². The number of para-hydroxylation sites is 3. The smallest absolute Gasteiger partial charge is 0.123 e. The summed E-state index contributed by atoms with van der Waals surface area (Å²) >= 11 is 0. The molecule has 0 radical (unpaired) electrons. The van der Waals surface area contributed by atoms with E-state index in [1.807, 2.05) is 12.1 Å². The molecule has 0 N–H and O–H groups in total. The average Bonchev–Trinajstić information content (AvgIpc) is 2.95. The van der Waals surface area contributed by atoms with Gasteiger partial charge >= 0.3 is 0 Å². The number of halogens is 1. The Labute approximate surface area is 236 Å². The predicted octanol–water partition coefficient (Wildman–Crippen LogP) is 10.4. The first-order chi connectivity index (χ1) is 19.2. The van der Waals surface area contributed by atoms with Crippen LogP contribution in [0.3, 0.4) is 0 Å². The van der Waals surface area contributed by atoms with E-state index in [1.165, 1.54) is 51.4 Å². The molecule has 2 nitrogen and oxygen atoms in total. The Bertz CT molecular complexity index is 1780. The maximum atomic E-state index is 14.0. The Morgan fingerprint density at radius 3 is 1.88 bits per heavy atom. The van der Waals surface area contributed by atoms with Gasteiger partial charge in [0.2, 0.25) is 0 Å². The molecule has 0 unspecified atom stereocenters. The molecule has 0 amide bonds. The van der Waals surface area contributed by atoms with Gasteiger partial charge in [-0.1, -0.05) is 82.3 Å². The van der Waals surface area contributed by atoms with Crippen molar-refractivity contribution >= 4 is 34.1 Å². The highest BCUT2D eigenvalue weighted by Crippen LogP contribution is 2.60. The lowest BCUT2D eigenvalue weighted by Gasteiger charge is -2.49. The zero-order valence-electron chi connectivity index (χ0n) is 23.7. The van der Waals surface area contributed by atoms with Crippen LogP contribution in [0, 0.1) is 12.7 Å². The molecule has 198 valence electrons. The number of fused-ring (bicyclic) bond motifs is 4. The highest BCUT2D eigenvalue weighted by Gasteiger charge is 2.45. The SMILES string of the molecule is Cc1ccccc1N(c1ccc(F)cc1)c1ccc2c(c1)C(C)(C)c1cccc3c1N2c1ccccc1C3(C)C. The van der Waals surface area contributed by atoms with Gasteiger partial charge in [-0.15, -0.1) is 0 Å². The Balaban J connectivity index is 1.49. The van der Waals surface area contributed by atoms with Crippen LogP contribution in [-0.2, 0) is 10.8 Å². The molecule has 5 aromatic rings. The summed E-state index contributed by atoms with van der Waals surface area (Å²) in [5.41, 5.74) is 13.0. The van der Waals surface area contributed by atoms with Gasteiger partial charge < -0.3 is 9.80 Å². The number of hydrogen-bond donors (Lipinski definition) is 0. The quantitative estimate of drug-likeness (QED) is 0.232. The Hall–Kier alpha value is -4.37. The summed E-state index contributed by atoms with van der Waals surface area (Å²) in [6.45, 7) is 11.5. The molecular weight excluding hydrogens is 491 g/mol. The largest absolute Gasteiger partial charge is 0.310 e. The van der Waals surface area contributed by atoms with Crippen molar-refractivity contribution in [2.24, 2.45) is 0 Å². The third kappa shape index (κ3) is 3.40. The van der Waals surface area contributed by atoms with E-state index in [9.17, 15) is 4.39 Å². The second kappa shape index (κ2) is 8.56. The number of benzene rings is 5. The molecule has 0 aliphatic carbocycles. The standard InChI is InChI=1S/C37H33FN2/c1-24-11-6-8-15-32(24)39(26-19-17-25(38)18-20-26)27-21-22-34-31(23-27)37(4,5)30-14-10-13-29-35(30)40(34)33-16-9-7-12-28(33)36(29,2)3/h6-23H,1-5H3. The van der Waals surface area contributed by atoms with Gasteiger partial charge in [0.1, 0.15) is 5.82 Å². The fraction of sp³-hybridized carbons (Fsp3) is 0.189. The van der Waals surface area contributed by atoms with Crippen LogP contribution >= 0.6 is 0 Å². The molecule has 0 spiro atoms. The van der Waals surface area contributed by atoms with Crippen molar-refractivity contribution in [2.45, 2.75) is 45.4 Å². The molecule has 2 aliphatic rings. The van der Waals surface area contributed by atoms with Crippen LogP contribution in [0.1, 0.15) is 55.5 Å². The normalized spacial score (nSPS) is 15.6. The predicted molar refractivity (Wildman–Crippen MR) is 165 cm³/mol. The van der Waals surface area contributed by atoms with Crippen LogP contribution in [0.15, 0.2) is 109 Å². The molecule has 0 saturated heterocycles. The van der Waals surface area contributed by atoms with Gasteiger partial charge in [-0.05, 0) is 89.3 Å². The number of anilines is 6. The van der Waals surface area contributed by atoms with Crippen LogP contribution in [0.5, 0.6) is 0 Å². The average molecular weight is 525 g/mol. The molecule has 7 rings (SSSR count). The first kappa shape index (κ1) is 24.7. The minimum atomic E-state index is -0.237. The minimum absolute atomic E-state index is 0.101. The van der Waals surface area contributed by atoms with Crippen LogP contribution < -0.4 is 9.80 Å². The molecule has 0 saturated carbocycles. The summed E-state index contributed by atoms with van der Waals surface area (Å²) in [4.78, 5) is 4.72. The van der Waals surface area contributed by atoms with Crippen molar-refractivity contribution in [3.05, 3.63) is 143 Å². The van der Waals surface area contributed by atoms with E-state index >= 15 is 0 Å². The monoisotopic (exact) mass is 524 g/mol. The van der Waals surface area contributed by atoms with Crippen molar-refractivity contribution in [3.63, 3.8) is 0 Å². The van der Waals surface area contributed by atoms with Crippen molar-refractivity contribution < 1.29 is 4.39 Å². The zero-order chi connectivity index (χ0) is 27.8. The second-order valence-electron chi connectivity index (χ2n) is 12.1. The second-order valence-corrected chi connectivity index (χ2v) is 12.1. The van der Waals surface area contributed by atoms with Crippen LogP contribution in [0.25, 0.3) is 0 Å². The maximum absolute atomic E-state index is 14.0. The van der Waals surface area contributed by atoms with Gasteiger partial charge in [0.15, 0.2) is 0 Å². The summed E-state index contributed by atoms with van der Waals surface area (Å²) in [5, 5.41) is 0. The highest BCUT2D eigenvalue weighted by atomic mass is 19.1. The summed E-state index contributed by atoms with van der Waals surface area (Å²) in [6.07, 6.45) is 0. The topological polar surface area (TPSA) is 6.48 Å². The third-order valence-electron chi connectivity index (χ3n) is 9.02. The Morgan fingerprint density at radius 2 is 1.15 bits per heavy atom. The first-order valence-electron chi connectivity index (χ1n) is 14.0. The van der Waals surface area contributed by atoms with E-state index in [4.69, 9.17) is 0 Å². The fourth-order valence-corrected chi connectivity index (χ4v) is 6.84. The summed E-state index contributed by atoms with van der Waals surface area (Å²) in [7, 11) is 0. The molecule has 0 bridgehead atoms. The minimum Gasteiger partial charge on any atom is -0.310 e. The summed E-state index contributed by atoms with van der Waals surface area (Å²) in [5.74, 6) is -0.237. The van der Waals surface area contributed by atoms with Crippen molar-refractivity contribution in [1.82, 2.24) is 0 Å². The van der Waals surface area contributed by atoms with E-state index in [1.54, 1.807) is 0 Å². The van der Waals surface area contributed by atoms with Gasteiger partial charge in [-0.25, -0.2) is 4.39 Å². The van der Waals surface area contributed by atoms with Crippen LogP contribution in [0.4, 0.5) is 38.5 Å². The van der Waals surface area contributed by atoms with Gasteiger partial charge in [0, 0.05) is 27.9 Å². The zero-order valence-corrected chi connectivity index (χ0v) is 23.7. The summed E-state index contributed by atoms with van der Waals surface area (Å²) in [6, 6.07) is 37.6. The fourth-order valence-electron chi connectivity index (χ4n) is 6.84. The van der Waals surface area contributed by atoms with Crippen molar-refractivity contribution in [1.29, 1.82) is 0 Å². The van der Waals surface area contributed by atoms with Crippen molar-refractivity contribution in [2.75, 3.05) is 9.80 Å². The molecule has 2 heterocycles. The highest BCUT2D eigenvalue weighted by molar-refractivity contribution is 5.94. The summed E-state index contributed by atoms with van der Waals surface area (Å²) < 4.78 is 14.0. The lowest BCUT2D eigenvalue weighted by atomic mass is 9.66. The Morgan fingerprint density at radius 1 is 0.575 bits per heavy atom. The number of aryl methyl sites for hydroxylation is 1. The molecule has 2 aliphatic heterocycles. The van der Waals surface area contributed by atoms with E-state index in [0.717, 1.165) is 22.6 Å². The molecule has 5 aromatic carbocycles. The van der Waals surface area contributed by atoms with E-state index in [0.29, 0.717) is 0 Å². The Kier molecular flexibility index (Phi) is 5.28. The molecule has 0 fully saturated rings. The number of nitrogens with zero attached hydrogens (tertiary/aromatic N) is 2. The number of hydrogen-bond acceptors (Lipinski definition) is 2. The van der Waals surface area contributed by atoms with Gasteiger partial charge in [-0.3, -0.25) is 0 Å². The molecular formula is C37H33FN2. The third-order valence-corrected chi connectivity index (χ3v) is 9.02. The van der Waals surface area contributed by atoms with Gasteiger partial charge in [0.25, 0.3) is 0 Å². The molecule has 3 heteroatoms. The number of rotatable bonds is 3. The van der Waals surface area contributed by atoms with Crippen LogP contribution in [-0.4, -0.2) is 0 Å². The molecule has 40 heavy (non-hydrogen) atoms. The first-order valence-corrected chi connectivity index (χ1v) is 14.0. The van der Waals surface area contributed by atoms with Crippen LogP contribution in [0.2, 0.25) is 0 Å². The van der Waals surface area contributed by atoms with E-state index in [2.05, 4.69) is 129 Å². The lowest BCUT2D eigenvalue weighted by Crippen LogP contribution is -2.38. The van der Waals surface area contributed by atoms with Gasteiger partial charge in [0.05, 0.1) is 17.1 Å². The van der Waals surface area contributed by atoms with Gasteiger partial charge in [-0.2, -0.15) is 0 Å². The van der Waals surface area contributed by atoms with E-state index < -0.39 is 0 Å². The lowest BCUT2D eigenvalue weighted by molar-refractivity contribution is 0.597. The molecule has 0 aromatic heterocycles. The van der Waals surface area contributed by atoms with Crippen molar-refractivity contribution in [3.8, 4) is 0 Å². The molecule has 0 atom stereocenters. The maximum Gasteiger partial charge on any atom is 0.123 e.